The standard InChI is InChI=1S/C11H21NO/c1-6-11(13)7-9(2,3)12-10(4,5)8-11/h6,12-13H,1,7-8H2,2-5H3. The van der Waals surface area contributed by atoms with Crippen molar-refractivity contribution in [3.8, 4) is 0 Å². The van der Waals surface area contributed by atoms with Gasteiger partial charge < -0.3 is 10.4 Å². The lowest BCUT2D eigenvalue weighted by Crippen LogP contribution is -2.62. The molecule has 1 aliphatic heterocycles. The Labute approximate surface area is 81.0 Å². The summed E-state index contributed by atoms with van der Waals surface area (Å²) in [7, 11) is 0. The van der Waals surface area contributed by atoms with Gasteiger partial charge in [0, 0.05) is 11.1 Å². The lowest BCUT2D eigenvalue weighted by Gasteiger charge is -2.49. The number of hydrogen-bond donors (Lipinski definition) is 2. The molecule has 0 aliphatic carbocycles. The maximum atomic E-state index is 10.2. The van der Waals surface area contributed by atoms with Crippen LogP contribution in [-0.2, 0) is 0 Å². The summed E-state index contributed by atoms with van der Waals surface area (Å²) in [6.45, 7) is 12.2. The highest BCUT2D eigenvalue weighted by molar-refractivity contribution is 5.10. The first-order chi connectivity index (χ1) is 5.68. The van der Waals surface area contributed by atoms with Crippen molar-refractivity contribution < 1.29 is 5.11 Å². The van der Waals surface area contributed by atoms with E-state index in [9.17, 15) is 5.11 Å². The molecule has 1 aliphatic rings. The maximum Gasteiger partial charge on any atom is 0.0859 e. The van der Waals surface area contributed by atoms with Crippen molar-refractivity contribution in [3.05, 3.63) is 12.7 Å². The van der Waals surface area contributed by atoms with Crippen LogP contribution in [0.1, 0.15) is 40.5 Å². The number of hydrogen-bond acceptors (Lipinski definition) is 2. The molecule has 76 valence electrons. The van der Waals surface area contributed by atoms with Crippen molar-refractivity contribution in [1.82, 2.24) is 5.32 Å². The fraction of sp³-hybridized carbons (Fsp3) is 0.818. The third-order valence-corrected chi connectivity index (χ3v) is 2.55. The molecule has 0 bridgehead atoms. The Morgan fingerprint density at radius 2 is 1.54 bits per heavy atom. The van der Waals surface area contributed by atoms with E-state index < -0.39 is 5.60 Å². The lowest BCUT2D eigenvalue weighted by molar-refractivity contribution is -0.0191. The smallest absolute Gasteiger partial charge is 0.0859 e. The molecule has 2 N–H and O–H groups in total. The zero-order chi connectivity index (χ0) is 10.3. The van der Waals surface area contributed by atoms with Gasteiger partial charge in [-0.3, -0.25) is 0 Å². The average molecular weight is 183 g/mol. The van der Waals surface area contributed by atoms with Crippen molar-refractivity contribution in [2.45, 2.75) is 57.2 Å². The van der Waals surface area contributed by atoms with Crippen LogP contribution in [0.15, 0.2) is 12.7 Å². The highest BCUT2D eigenvalue weighted by Crippen LogP contribution is 2.36. The second kappa shape index (κ2) is 2.82. The van der Waals surface area contributed by atoms with Gasteiger partial charge >= 0.3 is 0 Å². The predicted molar refractivity (Wildman–Crippen MR) is 55.7 cm³/mol. The molecule has 2 nitrogen and oxygen atoms in total. The molecule has 1 heterocycles. The minimum Gasteiger partial charge on any atom is -0.386 e. The normalized spacial score (nSPS) is 29.6. The van der Waals surface area contributed by atoms with Crippen LogP contribution in [0.5, 0.6) is 0 Å². The van der Waals surface area contributed by atoms with Gasteiger partial charge in [0.15, 0.2) is 0 Å². The van der Waals surface area contributed by atoms with Crippen LogP contribution in [0.25, 0.3) is 0 Å². The van der Waals surface area contributed by atoms with Crippen LogP contribution in [0.3, 0.4) is 0 Å². The Morgan fingerprint density at radius 3 is 1.85 bits per heavy atom. The Morgan fingerprint density at radius 1 is 1.15 bits per heavy atom. The van der Waals surface area contributed by atoms with Crippen molar-refractivity contribution in [2.75, 3.05) is 0 Å². The average Bonchev–Trinajstić information content (AvgIpc) is 1.79. The van der Waals surface area contributed by atoms with E-state index in [0.717, 1.165) is 12.8 Å². The molecule has 13 heavy (non-hydrogen) atoms. The SMILES string of the molecule is C=CC1(O)CC(C)(C)NC(C)(C)C1. The number of nitrogens with one attached hydrogen (secondary N) is 1. The van der Waals surface area contributed by atoms with Crippen molar-refractivity contribution >= 4 is 0 Å². The molecule has 1 saturated heterocycles. The van der Waals surface area contributed by atoms with Gasteiger partial charge in [-0.25, -0.2) is 0 Å². The first-order valence-electron chi connectivity index (χ1n) is 4.83. The largest absolute Gasteiger partial charge is 0.386 e. The molecular weight excluding hydrogens is 162 g/mol. The highest BCUT2D eigenvalue weighted by Gasteiger charge is 2.44. The zero-order valence-electron chi connectivity index (χ0n) is 9.15. The molecule has 0 unspecified atom stereocenters. The van der Waals surface area contributed by atoms with Gasteiger partial charge in [0.2, 0.25) is 0 Å². The topological polar surface area (TPSA) is 32.3 Å². The van der Waals surface area contributed by atoms with Gasteiger partial charge in [-0.15, -0.1) is 6.58 Å². The summed E-state index contributed by atoms with van der Waals surface area (Å²) in [5.74, 6) is 0. The fourth-order valence-electron chi connectivity index (χ4n) is 2.74. The van der Waals surface area contributed by atoms with Crippen LogP contribution >= 0.6 is 0 Å². The van der Waals surface area contributed by atoms with Crippen LogP contribution in [0, 0.1) is 0 Å². The predicted octanol–water partition coefficient (Wildman–Crippen LogP) is 1.84. The first-order valence-corrected chi connectivity index (χ1v) is 4.83. The minimum atomic E-state index is -0.710. The van der Waals surface area contributed by atoms with E-state index in [1.807, 2.05) is 0 Å². The molecule has 1 fully saturated rings. The van der Waals surface area contributed by atoms with E-state index in [1.54, 1.807) is 6.08 Å². The van der Waals surface area contributed by atoms with E-state index in [0.29, 0.717) is 0 Å². The second-order valence-corrected chi connectivity index (χ2v) is 5.55. The highest BCUT2D eigenvalue weighted by atomic mass is 16.3. The van der Waals surface area contributed by atoms with E-state index in [2.05, 4.69) is 39.6 Å². The summed E-state index contributed by atoms with van der Waals surface area (Å²) in [5, 5.41) is 13.7. The van der Waals surface area contributed by atoms with Gasteiger partial charge in [-0.05, 0) is 40.5 Å². The van der Waals surface area contributed by atoms with Gasteiger partial charge in [-0.2, -0.15) is 0 Å². The van der Waals surface area contributed by atoms with Crippen molar-refractivity contribution in [3.63, 3.8) is 0 Å². The fourth-order valence-corrected chi connectivity index (χ4v) is 2.74. The van der Waals surface area contributed by atoms with Crippen LogP contribution in [-0.4, -0.2) is 21.8 Å². The Balaban J connectivity index is 2.90. The van der Waals surface area contributed by atoms with Crippen LogP contribution in [0.2, 0.25) is 0 Å². The molecule has 1 rings (SSSR count). The van der Waals surface area contributed by atoms with E-state index in [-0.39, 0.29) is 11.1 Å². The second-order valence-electron chi connectivity index (χ2n) is 5.55. The Bertz CT molecular complexity index is 202. The lowest BCUT2D eigenvalue weighted by atomic mass is 9.73. The van der Waals surface area contributed by atoms with E-state index in [4.69, 9.17) is 0 Å². The molecule has 0 aromatic carbocycles. The van der Waals surface area contributed by atoms with E-state index in [1.165, 1.54) is 0 Å². The minimum absolute atomic E-state index is 0.0231. The van der Waals surface area contributed by atoms with Gasteiger partial charge in [0.25, 0.3) is 0 Å². The van der Waals surface area contributed by atoms with Gasteiger partial charge in [0.05, 0.1) is 5.60 Å². The summed E-state index contributed by atoms with van der Waals surface area (Å²) >= 11 is 0. The summed E-state index contributed by atoms with van der Waals surface area (Å²) in [4.78, 5) is 0. The zero-order valence-corrected chi connectivity index (χ0v) is 9.15. The third-order valence-electron chi connectivity index (χ3n) is 2.55. The molecule has 0 atom stereocenters. The summed E-state index contributed by atoms with van der Waals surface area (Å²) in [6, 6.07) is 0. The Kier molecular flexibility index (Phi) is 2.33. The first kappa shape index (κ1) is 10.7. The quantitative estimate of drug-likeness (QED) is 0.608. The number of piperidine rings is 1. The summed E-state index contributed by atoms with van der Waals surface area (Å²) < 4.78 is 0. The molecule has 0 amide bonds. The maximum absolute atomic E-state index is 10.2. The molecule has 0 aromatic rings. The summed E-state index contributed by atoms with van der Waals surface area (Å²) in [6.07, 6.45) is 3.14. The molecule has 0 spiro atoms. The molecule has 0 aromatic heterocycles. The third kappa shape index (κ3) is 2.55. The molecule has 2 heteroatoms. The van der Waals surface area contributed by atoms with Crippen LogP contribution in [0.4, 0.5) is 0 Å². The monoisotopic (exact) mass is 183 g/mol. The van der Waals surface area contributed by atoms with E-state index >= 15 is 0 Å². The molecule has 0 radical (unpaired) electrons. The van der Waals surface area contributed by atoms with Gasteiger partial charge in [-0.1, -0.05) is 6.08 Å². The molecule has 0 saturated carbocycles. The van der Waals surface area contributed by atoms with Gasteiger partial charge in [0.1, 0.15) is 0 Å². The van der Waals surface area contributed by atoms with Crippen LogP contribution < -0.4 is 5.32 Å². The Hall–Kier alpha value is -0.340. The molecular formula is C11H21NO. The van der Waals surface area contributed by atoms with Crippen molar-refractivity contribution in [1.29, 1.82) is 0 Å². The number of aliphatic hydroxyl groups is 1. The number of rotatable bonds is 1. The summed E-state index contributed by atoms with van der Waals surface area (Å²) in [5.41, 5.74) is -0.756. The van der Waals surface area contributed by atoms with Crippen molar-refractivity contribution in [2.24, 2.45) is 0 Å².